The van der Waals surface area contributed by atoms with Gasteiger partial charge in [0.15, 0.2) is 11.0 Å². The summed E-state index contributed by atoms with van der Waals surface area (Å²) in [6.45, 7) is 5.91. The molecular weight excluding hydrogens is 332 g/mol. The monoisotopic (exact) mass is 354 g/mol. The molecule has 0 saturated carbocycles. The highest BCUT2D eigenvalue weighted by atomic mass is 32.2. The minimum atomic E-state index is 0.511. The maximum atomic E-state index is 5.75. The van der Waals surface area contributed by atoms with Gasteiger partial charge in [0.25, 0.3) is 0 Å². The van der Waals surface area contributed by atoms with Crippen LogP contribution in [0.1, 0.15) is 13.8 Å². The Morgan fingerprint density at radius 1 is 1.04 bits per heavy atom. The lowest BCUT2D eigenvalue weighted by Crippen LogP contribution is -2.09. The van der Waals surface area contributed by atoms with E-state index in [1.54, 1.807) is 24.2 Å². The van der Waals surface area contributed by atoms with Gasteiger partial charge in [0.1, 0.15) is 5.75 Å². The minimum Gasteiger partial charge on any atom is -0.493 e. The van der Waals surface area contributed by atoms with Gasteiger partial charge in [-0.2, -0.15) is 0 Å². The highest BCUT2D eigenvalue weighted by molar-refractivity contribution is 7.99. The zero-order valence-electron chi connectivity index (χ0n) is 14.5. The molecule has 2 heterocycles. The number of aromatic nitrogens is 4. The molecule has 0 fully saturated rings. The average Bonchev–Trinajstić information content (AvgIpc) is 3.02. The van der Waals surface area contributed by atoms with Crippen LogP contribution in [0.15, 0.2) is 60.0 Å². The largest absolute Gasteiger partial charge is 0.493 e. The van der Waals surface area contributed by atoms with E-state index in [1.807, 2.05) is 42.5 Å². The van der Waals surface area contributed by atoms with Crippen LogP contribution in [0.4, 0.5) is 0 Å². The molecule has 3 rings (SSSR count). The number of ether oxygens (including phenoxy) is 1. The first kappa shape index (κ1) is 17.5. The number of benzene rings is 1. The molecule has 0 unspecified atom stereocenters. The minimum absolute atomic E-state index is 0.511. The molecule has 0 spiro atoms. The average molecular weight is 354 g/mol. The molecule has 0 aliphatic heterocycles. The van der Waals surface area contributed by atoms with Crippen molar-refractivity contribution in [2.24, 2.45) is 5.92 Å². The lowest BCUT2D eigenvalue weighted by atomic mass is 10.2. The summed E-state index contributed by atoms with van der Waals surface area (Å²) in [6, 6.07) is 13.8. The summed E-state index contributed by atoms with van der Waals surface area (Å²) in [4.78, 5) is 4.08. The fraction of sp³-hybridized carbons (Fsp3) is 0.316. The Morgan fingerprint density at radius 3 is 2.52 bits per heavy atom. The summed E-state index contributed by atoms with van der Waals surface area (Å²) in [5, 5.41) is 9.72. The summed E-state index contributed by atoms with van der Waals surface area (Å²) in [5.41, 5.74) is 1.04. The molecule has 25 heavy (non-hydrogen) atoms. The Bertz CT molecular complexity index is 775. The van der Waals surface area contributed by atoms with Gasteiger partial charge in [-0.15, -0.1) is 10.2 Å². The normalized spacial score (nSPS) is 11.0. The molecule has 5 nitrogen and oxygen atoms in total. The van der Waals surface area contributed by atoms with Gasteiger partial charge in [-0.1, -0.05) is 43.8 Å². The fourth-order valence-electron chi connectivity index (χ4n) is 2.45. The Balaban J connectivity index is 1.67. The van der Waals surface area contributed by atoms with E-state index in [2.05, 4.69) is 33.6 Å². The number of hydrogen-bond acceptors (Lipinski definition) is 5. The fourth-order valence-corrected chi connectivity index (χ4v) is 3.21. The van der Waals surface area contributed by atoms with Crippen LogP contribution in [-0.2, 0) is 6.54 Å². The zero-order valence-corrected chi connectivity index (χ0v) is 15.3. The van der Waals surface area contributed by atoms with Crippen LogP contribution in [0.3, 0.4) is 0 Å². The van der Waals surface area contributed by atoms with Crippen molar-refractivity contribution in [1.82, 2.24) is 19.7 Å². The standard InChI is InChI=1S/C19H22N4OS/c1-15(2)14-23-18(16-8-10-20-11-9-16)21-22-19(23)25-13-12-24-17-6-4-3-5-7-17/h3-11,15H,12-14H2,1-2H3. The summed E-state index contributed by atoms with van der Waals surface area (Å²) in [7, 11) is 0. The van der Waals surface area contributed by atoms with Gasteiger partial charge in [-0.3, -0.25) is 4.98 Å². The second-order valence-corrected chi connectivity index (χ2v) is 7.12. The third-order valence-electron chi connectivity index (χ3n) is 3.53. The van der Waals surface area contributed by atoms with Gasteiger partial charge in [0.05, 0.1) is 6.61 Å². The summed E-state index contributed by atoms with van der Waals surface area (Å²) in [6.07, 6.45) is 3.56. The van der Waals surface area contributed by atoms with Crippen molar-refractivity contribution in [1.29, 1.82) is 0 Å². The molecule has 0 radical (unpaired) electrons. The molecule has 0 amide bonds. The van der Waals surface area contributed by atoms with Gasteiger partial charge >= 0.3 is 0 Å². The predicted molar refractivity (Wildman–Crippen MR) is 101 cm³/mol. The maximum Gasteiger partial charge on any atom is 0.191 e. The molecule has 0 aliphatic rings. The highest BCUT2D eigenvalue weighted by Crippen LogP contribution is 2.24. The predicted octanol–water partition coefficient (Wildman–Crippen LogP) is 4.17. The van der Waals surface area contributed by atoms with E-state index in [4.69, 9.17) is 4.74 Å². The first-order valence-electron chi connectivity index (χ1n) is 8.38. The Hall–Kier alpha value is -2.34. The number of nitrogens with zero attached hydrogens (tertiary/aromatic N) is 4. The van der Waals surface area contributed by atoms with Crippen molar-refractivity contribution < 1.29 is 4.74 Å². The number of para-hydroxylation sites is 1. The molecule has 2 aromatic heterocycles. The van der Waals surface area contributed by atoms with Gasteiger partial charge in [-0.25, -0.2) is 0 Å². The van der Waals surface area contributed by atoms with E-state index in [0.717, 1.165) is 34.6 Å². The molecule has 0 N–H and O–H groups in total. The molecule has 1 aromatic carbocycles. The molecular formula is C19H22N4OS. The quantitative estimate of drug-likeness (QED) is 0.449. The molecule has 0 bridgehead atoms. The SMILES string of the molecule is CC(C)Cn1c(SCCOc2ccccc2)nnc1-c1ccncc1. The van der Waals surface area contributed by atoms with Gasteiger partial charge in [0, 0.05) is 30.3 Å². The molecule has 6 heteroatoms. The zero-order chi connectivity index (χ0) is 17.5. The summed E-state index contributed by atoms with van der Waals surface area (Å²) < 4.78 is 7.94. The van der Waals surface area contributed by atoms with Crippen LogP contribution in [0.25, 0.3) is 11.4 Å². The number of hydrogen-bond donors (Lipinski definition) is 0. The molecule has 3 aromatic rings. The molecule has 130 valence electrons. The van der Waals surface area contributed by atoms with Gasteiger partial charge in [0.2, 0.25) is 0 Å². The van der Waals surface area contributed by atoms with E-state index >= 15 is 0 Å². The van der Waals surface area contributed by atoms with Gasteiger partial charge in [-0.05, 0) is 30.2 Å². The summed E-state index contributed by atoms with van der Waals surface area (Å²) in [5.74, 6) is 3.12. The van der Waals surface area contributed by atoms with E-state index < -0.39 is 0 Å². The lowest BCUT2D eigenvalue weighted by molar-refractivity contribution is 0.343. The molecule has 0 saturated heterocycles. The Morgan fingerprint density at radius 2 is 1.80 bits per heavy atom. The van der Waals surface area contributed by atoms with E-state index in [1.165, 1.54) is 0 Å². The van der Waals surface area contributed by atoms with Crippen LogP contribution >= 0.6 is 11.8 Å². The Kier molecular flexibility index (Phi) is 6.06. The van der Waals surface area contributed by atoms with Crippen LogP contribution in [0, 0.1) is 5.92 Å². The second kappa shape index (κ2) is 8.67. The highest BCUT2D eigenvalue weighted by Gasteiger charge is 2.15. The number of rotatable bonds is 8. The Labute approximate surface area is 152 Å². The molecule has 0 atom stereocenters. The summed E-state index contributed by atoms with van der Waals surface area (Å²) >= 11 is 1.67. The van der Waals surface area contributed by atoms with Crippen LogP contribution in [0.5, 0.6) is 5.75 Å². The van der Waals surface area contributed by atoms with Crippen molar-refractivity contribution in [2.45, 2.75) is 25.5 Å². The lowest BCUT2D eigenvalue weighted by Gasteiger charge is -2.12. The van der Waals surface area contributed by atoms with Crippen LogP contribution in [0.2, 0.25) is 0 Å². The maximum absolute atomic E-state index is 5.75. The third kappa shape index (κ3) is 4.82. The van der Waals surface area contributed by atoms with Crippen molar-refractivity contribution >= 4 is 11.8 Å². The smallest absolute Gasteiger partial charge is 0.191 e. The first-order valence-corrected chi connectivity index (χ1v) is 9.37. The van der Waals surface area contributed by atoms with Crippen molar-refractivity contribution in [3.8, 4) is 17.1 Å². The third-order valence-corrected chi connectivity index (χ3v) is 4.46. The van der Waals surface area contributed by atoms with Crippen LogP contribution in [-0.4, -0.2) is 32.1 Å². The van der Waals surface area contributed by atoms with E-state index in [0.29, 0.717) is 12.5 Å². The molecule has 0 aliphatic carbocycles. The second-order valence-electron chi connectivity index (χ2n) is 6.06. The van der Waals surface area contributed by atoms with Crippen molar-refractivity contribution in [2.75, 3.05) is 12.4 Å². The van der Waals surface area contributed by atoms with Crippen molar-refractivity contribution in [3.63, 3.8) is 0 Å². The van der Waals surface area contributed by atoms with Crippen LogP contribution < -0.4 is 4.74 Å². The van der Waals surface area contributed by atoms with E-state index in [9.17, 15) is 0 Å². The number of thioether (sulfide) groups is 1. The number of pyridine rings is 1. The topological polar surface area (TPSA) is 52.8 Å². The van der Waals surface area contributed by atoms with E-state index in [-0.39, 0.29) is 0 Å². The first-order chi connectivity index (χ1) is 12.2. The van der Waals surface area contributed by atoms with Crippen molar-refractivity contribution in [3.05, 3.63) is 54.9 Å². The van der Waals surface area contributed by atoms with Gasteiger partial charge < -0.3 is 9.30 Å².